The topological polar surface area (TPSA) is 86.2 Å². The van der Waals surface area contributed by atoms with Gasteiger partial charge in [0.25, 0.3) is 0 Å². The molecule has 0 aromatic rings. The number of carbonyl (C=O) groups excluding carboxylic acids is 2. The van der Waals surface area contributed by atoms with Crippen molar-refractivity contribution in [2.45, 2.75) is 39.5 Å². The summed E-state index contributed by atoms with van der Waals surface area (Å²) in [5.74, 6) is -0.741. The molecule has 0 rings (SSSR count). The fraction of sp³-hybridized carbons (Fsp3) is 0.778. The zero-order chi connectivity index (χ0) is 10.5. The number of hydrogen-bond donors (Lipinski definition) is 2. The quantitative estimate of drug-likeness (QED) is 0.634. The molecular formula is C9H18N2O2. The van der Waals surface area contributed by atoms with Crippen molar-refractivity contribution in [3.8, 4) is 0 Å². The van der Waals surface area contributed by atoms with Gasteiger partial charge in [0.15, 0.2) is 0 Å². The smallest absolute Gasteiger partial charge is 0.217 e. The molecule has 0 aliphatic rings. The van der Waals surface area contributed by atoms with Gasteiger partial charge in [0.2, 0.25) is 11.8 Å². The SMILES string of the molecule is CCC(CC)(CC(N)=O)CC(N)=O. The Labute approximate surface area is 78.7 Å². The third kappa shape index (κ3) is 3.92. The van der Waals surface area contributed by atoms with E-state index in [1.165, 1.54) is 0 Å². The molecule has 0 spiro atoms. The van der Waals surface area contributed by atoms with Gasteiger partial charge in [-0.2, -0.15) is 0 Å². The lowest BCUT2D eigenvalue weighted by atomic mass is 9.76. The predicted octanol–water partition coefficient (Wildman–Crippen LogP) is 0.544. The highest BCUT2D eigenvalue weighted by Gasteiger charge is 2.30. The fourth-order valence-corrected chi connectivity index (χ4v) is 1.55. The maximum absolute atomic E-state index is 10.8. The maximum atomic E-state index is 10.8. The molecule has 0 heterocycles. The average Bonchev–Trinajstić information content (AvgIpc) is 2.01. The summed E-state index contributed by atoms with van der Waals surface area (Å²) in [6.07, 6.45) is 1.97. The monoisotopic (exact) mass is 186 g/mol. The number of amides is 2. The molecular weight excluding hydrogens is 168 g/mol. The molecule has 4 heteroatoms. The normalized spacial score (nSPS) is 11.2. The molecule has 0 aromatic carbocycles. The Morgan fingerprint density at radius 2 is 1.31 bits per heavy atom. The number of carbonyl (C=O) groups is 2. The molecule has 0 aliphatic carbocycles. The molecule has 0 fully saturated rings. The van der Waals surface area contributed by atoms with Crippen molar-refractivity contribution < 1.29 is 9.59 Å². The Morgan fingerprint density at radius 3 is 1.46 bits per heavy atom. The minimum Gasteiger partial charge on any atom is -0.370 e. The predicted molar refractivity (Wildman–Crippen MR) is 50.6 cm³/mol. The summed E-state index contributed by atoms with van der Waals surface area (Å²) < 4.78 is 0. The van der Waals surface area contributed by atoms with Crippen LogP contribution in [0.5, 0.6) is 0 Å². The molecule has 4 nitrogen and oxygen atoms in total. The Balaban J connectivity index is 4.48. The molecule has 0 saturated heterocycles. The molecule has 2 amide bonds. The van der Waals surface area contributed by atoms with Crippen molar-refractivity contribution in [2.75, 3.05) is 0 Å². The molecule has 0 aliphatic heterocycles. The van der Waals surface area contributed by atoms with E-state index in [-0.39, 0.29) is 30.1 Å². The lowest BCUT2D eigenvalue weighted by molar-refractivity contribution is -0.123. The van der Waals surface area contributed by atoms with Crippen LogP contribution in [0.3, 0.4) is 0 Å². The first-order valence-electron chi connectivity index (χ1n) is 4.52. The first-order chi connectivity index (χ1) is 5.95. The molecule has 0 aromatic heterocycles. The summed E-state index contributed by atoms with van der Waals surface area (Å²) >= 11 is 0. The molecule has 13 heavy (non-hydrogen) atoms. The van der Waals surface area contributed by atoms with Crippen LogP contribution in [0, 0.1) is 5.41 Å². The van der Waals surface area contributed by atoms with Crippen LogP contribution < -0.4 is 11.5 Å². The van der Waals surface area contributed by atoms with Gasteiger partial charge in [-0.05, 0) is 18.3 Å². The lowest BCUT2D eigenvalue weighted by Gasteiger charge is -2.28. The van der Waals surface area contributed by atoms with E-state index in [2.05, 4.69) is 0 Å². The molecule has 0 saturated carbocycles. The number of hydrogen-bond acceptors (Lipinski definition) is 2. The zero-order valence-electron chi connectivity index (χ0n) is 8.30. The summed E-state index contributed by atoms with van der Waals surface area (Å²) in [7, 11) is 0. The fourth-order valence-electron chi connectivity index (χ4n) is 1.55. The van der Waals surface area contributed by atoms with Gasteiger partial charge in [0, 0.05) is 12.8 Å². The largest absolute Gasteiger partial charge is 0.370 e. The average molecular weight is 186 g/mol. The standard InChI is InChI=1S/C9H18N2O2/c1-3-9(4-2,5-7(10)12)6-8(11)13/h3-6H2,1-2H3,(H2,10,12)(H2,11,13). The lowest BCUT2D eigenvalue weighted by Crippen LogP contribution is -2.31. The van der Waals surface area contributed by atoms with E-state index in [9.17, 15) is 9.59 Å². The minimum atomic E-state index is -0.370. The van der Waals surface area contributed by atoms with Crippen molar-refractivity contribution in [2.24, 2.45) is 16.9 Å². The van der Waals surface area contributed by atoms with Crippen molar-refractivity contribution >= 4 is 11.8 Å². The third-order valence-electron chi connectivity index (χ3n) is 2.60. The number of nitrogens with two attached hydrogens (primary N) is 2. The first-order valence-corrected chi connectivity index (χ1v) is 4.52. The number of primary amides is 2. The van der Waals surface area contributed by atoms with Crippen LogP contribution in [0.2, 0.25) is 0 Å². The molecule has 76 valence electrons. The van der Waals surface area contributed by atoms with E-state index in [4.69, 9.17) is 11.5 Å². The molecule has 4 N–H and O–H groups in total. The van der Waals surface area contributed by atoms with Crippen LogP contribution in [-0.2, 0) is 9.59 Å². The summed E-state index contributed by atoms with van der Waals surface area (Å²) in [5.41, 5.74) is 9.91. The Kier molecular flexibility index (Phi) is 4.45. The van der Waals surface area contributed by atoms with Gasteiger partial charge < -0.3 is 11.5 Å². The zero-order valence-corrected chi connectivity index (χ0v) is 8.30. The van der Waals surface area contributed by atoms with Crippen LogP contribution in [0.25, 0.3) is 0 Å². The van der Waals surface area contributed by atoms with E-state index in [1.54, 1.807) is 0 Å². The second-order valence-corrected chi connectivity index (χ2v) is 3.49. The summed E-state index contributed by atoms with van der Waals surface area (Å²) in [5, 5.41) is 0. The third-order valence-corrected chi connectivity index (χ3v) is 2.60. The molecule has 0 unspecified atom stereocenters. The van der Waals surface area contributed by atoms with E-state index >= 15 is 0 Å². The van der Waals surface area contributed by atoms with Gasteiger partial charge in [-0.3, -0.25) is 9.59 Å². The Morgan fingerprint density at radius 1 is 1.00 bits per heavy atom. The molecule has 0 bridgehead atoms. The number of rotatable bonds is 6. The van der Waals surface area contributed by atoms with Gasteiger partial charge in [0.1, 0.15) is 0 Å². The Bertz CT molecular complexity index is 180. The van der Waals surface area contributed by atoms with Gasteiger partial charge in [0.05, 0.1) is 0 Å². The minimum absolute atomic E-state index is 0.239. The highest BCUT2D eigenvalue weighted by molar-refractivity contribution is 5.78. The highest BCUT2D eigenvalue weighted by Crippen LogP contribution is 2.33. The van der Waals surface area contributed by atoms with Crippen LogP contribution in [0.4, 0.5) is 0 Å². The van der Waals surface area contributed by atoms with E-state index in [0.717, 1.165) is 12.8 Å². The van der Waals surface area contributed by atoms with Crippen molar-refractivity contribution in [1.29, 1.82) is 0 Å². The van der Waals surface area contributed by atoms with E-state index < -0.39 is 0 Å². The van der Waals surface area contributed by atoms with Crippen molar-refractivity contribution in [3.63, 3.8) is 0 Å². The second kappa shape index (κ2) is 4.84. The van der Waals surface area contributed by atoms with Crippen LogP contribution >= 0.6 is 0 Å². The van der Waals surface area contributed by atoms with Gasteiger partial charge in [-0.25, -0.2) is 0 Å². The van der Waals surface area contributed by atoms with Crippen LogP contribution in [-0.4, -0.2) is 11.8 Å². The van der Waals surface area contributed by atoms with E-state index in [1.807, 2.05) is 13.8 Å². The molecule has 0 radical (unpaired) electrons. The molecule has 0 atom stereocenters. The highest BCUT2D eigenvalue weighted by atomic mass is 16.1. The Hall–Kier alpha value is -1.06. The maximum Gasteiger partial charge on any atom is 0.217 e. The van der Waals surface area contributed by atoms with Gasteiger partial charge in [-0.15, -0.1) is 0 Å². The van der Waals surface area contributed by atoms with E-state index in [0.29, 0.717) is 0 Å². The summed E-state index contributed by atoms with van der Waals surface area (Å²) in [4.78, 5) is 21.6. The summed E-state index contributed by atoms with van der Waals surface area (Å²) in [6, 6.07) is 0. The van der Waals surface area contributed by atoms with Crippen molar-refractivity contribution in [3.05, 3.63) is 0 Å². The first kappa shape index (κ1) is 11.9. The summed E-state index contributed by atoms with van der Waals surface area (Å²) in [6.45, 7) is 3.88. The van der Waals surface area contributed by atoms with Crippen molar-refractivity contribution in [1.82, 2.24) is 0 Å². The van der Waals surface area contributed by atoms with Crippen LogP contribution in [0.1, 0.15) is 39.5 Å². The van der Waals surface area contributed by atoms with Crippen LogP contribution in [0.15, 0.2) is 0 Å². The second-order valence-electron chi connectivity index (χ2n) is 3.49. The van der Waals surface area contributed by atoms with Gasteiger partial charge >= 0.3 is 0 Å². The van der Waals surface area contributed by atoms with Gasteiger partial charge in [-0.1, -0.05) is 13.8 Å².